The van der Waals surface area contributed by atoms with Gasteiger partial charge in [0, 0.05) is 57.4 Å². The van der Waals surface area contributed by atoms with Crippen LogP contribution in [0.4, 0.5) is 0 Å². The Bertz CT molecular complexity index is 2170. The first-order valence-corrected chi connectivity index (χ1v) is 17.1. The number of aryl methyl sites for hydroxylation is 3. The molecule has 0 spiro atoms. The Morgan fingerprint density at radius 1 is 0.771 bits per heavy atom. The minimum Gasteiger partial charge on any atom is -0.340 e. The average Bonchev–Trinajstić information content (AvgIpc) is 3.38. The zero-order valence-electron chi connectivity index (χ0n) is 28.9. The zero-order chi connectivity index (χ0) is 33.9. The minimum atomic E-state index is -0.477. The highest BCUT2D eigenvalue weighted by Crippen LogP contribution is 2.39. The second kappa shape index (κ2) is 14.0. The molecule has 0 aliphatic carbocycles. The van der Waals surface area contributed by atoms with Crippen LogP contribution in [0.15, 0.2) is 96.2 Å². The molecule has 6 aromatic rings. The zero-order valence-corrected chi connectivity index (χ0v) is 28.9. The van der Waals surface area contributed by atoms with Gasteiger partial charge in [0.1, 0.15) is 5.71 Å². The predicted molar refractivity (Wildman–Crippen MR) is 198 cm³/mol. The van der Waals surface area contributed by atoms with Gasteiger partial charge in [0.05, 0.1) is 5.52 Å². The van der Waals surface area contributed by atoms with E-state index in [4.69, 9.17) is 4.84 Å². The van der Waals surface area contributed by atoms with Gasteiger partial charge in [-0.3, -0.25) is 4.79 Å². The van der Waals surface area contributed by atoms with Crippen LogP contribution in [0.3, 0.4) is 0 Å². The van der Waals surface area contributed by atoms with Crippen LogP contribution in [0.2, 0.25) is 0 Å². The number of hydrogen-bond donors (Lipinski definition) is 0. The van der Waals surface area contributed by atoms with Crippen LogP contribution in [-0.4, -0.2) is 22.0 Å². The van der Waals surface area contributed by atoms with Gasteiger partial charge in [-0.05, 0) is 67.8 Å². The maximum Gasteiger partial charge on any atom is 0.332 e. The largest absolute Gasteiger partial charge is 0.340 e. The lowest BCUT2D eigenvalue weighted by Gasteiger charge is -2.19. The highest BCUT2D eigenvalue weighted by atomic mass is 16.7. The summed E-state index contributed by atoms with van der Waals surface area (Å²) in [7, 11) is 0. The number of benzene rings is 5. The Kier molecular flexibility index (Phi) is 9.58. The number of ketones is 1. The molecule has 1 unspecified atom stereocenters. The summed E-state index contributed by atoms with van der Waals surface area (Å²) in [6.07, 6.45) is 4.62. The van der Waals surface area contributed by atoms with E-state index in [2.05, 4.69) is 85.1 Å². The molecule has 0 bridgehead atoms. The van der Waals surface area contributed by atoms with Crippen molar-refractivity contribution in [2.75, 3.05) is 0 Å². The monoisotopic (exact) mass is 636 g/mol. The number of fused-ring (bicyclic) bond motifs is 5. The first-order chi connectivity index (χ1) is 23.2. The molecule has 0 radical (unpaired) electrons. The Morgan fingerprint density at radius 2 is 1.46 bits per heavy atom. The quantitative estimate of drug-likeness (QED) is 0.0615. The van der Waals surface area contributed by atoms with Crippen LogP contribution < -0.4 is 0 Å². The Labute approximate surface area is 283 Å². The maximum atomic E-state index is 14.6. The van der Waals surface area contributed by atoms with E-state index in [0.29, 0.717) is 17.2 Å². The molecular formula is C43H44N2O3. The number of nitrogens with zero attached hydrogens (tertiary/aromatic N) is 2. The highest BCUT2D eigenvalue weighted by Gasteiger charge is 2.24. The molecule has 0 aliphatic heterocycles. The molecule has 0 saturated heterocycles. The summed E-state index contributed by atoms with van der Waals surface area (Å²) in [5.41, 5.74) is 9.09. The number of hydrogen-bond acceptors (Lipinski definition) is 4. The number of oxime groups is 1. The van der Waals surface area contributed by atoms with Crippen LogP contribution in [0, 0.1) is 26.7 Å². The highest BCUT2D eigenvalue weighted by molar-refractivity contribution is 6.27. The van der Waals surface area contributed by atoms with Gasteiger partial charge < -0.3 is 9.40 Å². The third kappa shape index (κ3) is 6.29. The lowest BCUT2D eigenvalue weighted by molar-refractivity contribution is -0.140. The number of rotatable bonds is 11. The molecule has 0 saturated carbocycles. The van der Waals surface area contributed by atoms with Gasteiger partial charge >= 0.3 is 5.97 Å². The smallest absolute Gasteiger partial charge is 0.332 e. The van der Waals surface area contributed by atoms with E-state index < -0.39 is 5.97 Å². The normalized spacial score (nSPS) is 12.6. The lowest BCUT2D eigenvalue weighted by atomic mass is 9.89. The van der Waals surface area contributed by atoms with Crippen LogP contribution in [0.1, 0.15) is 90.2 Å². The van der Waals surface area contributed by atoms with Gasteiger partial charge in [-0.25, -0.2) is 4.79 Å². The number of unbranched alkanes of at least 4 members (excludes halogenated alkanes) is 1. The van der Waals surface area contributed by atoms with Crippen molar-refractivity contribution in [2.45, 2.75) is 73.8 Å². The second-order valence-corrected chi connectivity index (χ2v) is 13.1. The fraction of sp³-hybridized carbons (Fsp3) is 0.279. The summed E-state index contributed by atoms with van der Waals surface area (Å²) < 4.78 is 2.47. The summed E-state index contributed by atoms with van der Waals surface area (Å²) in [5, 5.41) is 8.42. The summed E-state index contributed by atoms with van der Waals surface area (Å²) >= 11 is 0. The summed E-state index contributed by atoms with van der Waals surface area (Å²) in [6, 6.07) is 30.8. The fourth-order valence-electron chi connectivity index (χ4n) is 7.31. The van der Waals surface area contributed by atoms with Crippen LogP contribution in [0.5, 0.6) is 0 Å². The summed E-state index contributed by atoms with van der Waals surface area (Å²) in [5.74, 6) is 0.0813. The molecule has 0 aliphatic rings. The van der Waals surface area contributed by atoms with E-state index >= 15 is 0 Å². The van der Waals surface area contributed by atoms with E-state index in [1.165, 1.54) is 26.2 Å². The molecule has 5 heteroatoms. The molecule has 1 heterocycles. The third-order valence-corrected chi connectivity index (χ3v) is 9.58. The van der Waals surface area contributed by atoms with E-state index in [0.717, 1.165) is 78.9 Å². The summed E-state index contributed by atoms with van der Waals surface area (Å²) in [6.45, 7) is 12.9. The van der Waals surface area contributed by atoms with Crippen LogP contribution >= 0.6 is 0 Å². The molecule has 6 rings (SSSR count). The van der Waals surface area contributed by atoms with Crippen molar-refractivity contribution in [3.05, 3.63) is 130 Å². The molecule has 5 aromatic carbocycles. The first kappa shape index (κ1) is 32.9. The van der Waals surface area contributed by atoms with Crippen molar-refractivity contribution in [3.8, 4) is 0 Å². The molecular weight excluding hydrogens is 592 g/mol. The number of carbonyl (C=O) groups is 2. The third-order valence-electron chi connectivity index (χ3n) is 9.58. The standard InChI is InChI=1S/C43H44N2O3/c1-7-9-15-31(8-2)26-45-39-21-20-33(41(44-48-30(6)46)32-16-11-10-12-17-32)24-36(39)37-25-38(34-18-13-14-19-35(34)42(37)45)43(47)40-28(4)22-27(3)23-29(40)5/h10-14,16-25,31H,7-9,15,26H2,1-6H3/b44-41-. The van der Waals surface area contributed by atoms with Gasteiger partial charge in [0.25, 0.3) is 0 Å². The molecule has 5 nitrogen and oxygen atoms in total. The lowest BCUT2D eigenvalue weighted by Crippen LogP contribution is -2.11. The van der Waals surface area contributed by atoms with Gasteiger partial charge in [-0.2, -0.15) is 0 Å². The first-order valence-electron chi connectivity index (χ1n) is 17.1. The second-order valence-electron chi connectivity index (χ2n) is 13.1. The van der Waals surface area contributed by atoms with E-state index in [1.807, 2.05) is 50.2 Å². The maximum absolute atomic E-state index is 14.6. The Hall–Kier alpha value is -5.03. The van der Waals surface area contributed by atoms with Crippen molar-refractivity contribution in [3.63, 3.8) is 0 Å². The predicted octanol–water partition coefficient (Wildman–Crippen LogP) is 10.6. The van der Waals surface area contributed by atoms with Gasteiger partial charge in [-0.1, -0.05) is 117 Å². The SMILES string of the molecule is CCCCC(CC)Cn1c2ccc(/C(=N\OC(C)=O)c3ccccc3)cc2c2cc(C(=O)c3c(C)cc(C)cc3C)c3ccccc3c21. The fourth-order valence-corrected chi connectivity index (χ4v) is 7.31. The van der Waals surface area contributed by atoms with Crippen molar-refractivity contribution >= 4 is 50.0 Å². The number of carbonyl (C=O) groups excluding carboxylic acids is 2. The Balaban J connectivity index is 1.67. The van der Waals surface area contributed by atoms with Gasteiger partial charge in [0.2, 0.25) is 0 Å². The molecule has 0 amide bonds. The average molecular weight is 637 g/mol. The molecule has 0 fully saturated rings. The number of aromatic nitrogens is 1. The van der Waals surface area contributed by atoms with E-state index in [1.54, 1.807) is 0 Å². The van der Waals surface area contributed by atoms with Crippen molar-refractivity contribution in [1.82, 2.24) is 4.57 Å². The van der Waals surface area contributed by atoms with Crippen LogP contribution in [-0.2, 0) is 16.2 Å². The van der Waals surface area contributed by atoms with Crippen molar-refractivity contribution in [1.29, 1.82) is 0 Å². The van der Waals surface area contributed by atoms with Crippen molar-refractivity contribution < 1.29 is 14.4 Å². The Morgan fingerprint density at radius 3 is 2.12 bits per heavy atom. The van der Waals surface area contributed by atoms with Crippen LogP contribution in [0.25, 0.3) is 32.6 Å². The molecule has 48 heavy (non-hydrogen) atoms. The minimum absolute atomic E-state index is 0.0379. The van der Waals surface area contributed by atoms with Crippen molar-refractivity contribution in [2.24, 2.45) is 11.1 Å². The van der Waals surface area contributed by atoms with E-state index in [9.17, 15) is 9.59 Å². The molecule has 1 atom stereocenters. The molecule has 1 aromatic heterocycles. The van der Waals surface area contributed by atoms with E-state index in [-0.39, 0.29) is 5.78 Å². The summed E-state index contributed by atoms with van der Waals surface area (Å²) in [4.78, 5) is 31.6. The molecule has 0 N–H and O–H groups in total. The van der Waals surface area contributed by atoms with Gasteiger partial charge in [0.15, 0.2) is 5.78 Å². The molecule has 244 valence electrons. The topological polar surface area (TPSA) is 60.7 Å². The van der Waals surface area contributed by atoms with Gasteiger partial charge in [-0.15, -0.1) is 0 Å².